The summed E-state index contributed by atoms with van der Waals surface area (Å²) in [5.74, 6) is 0.515. The van der Waals surface area contributed by atoms with E-state index in [1.165, 1.54) is 12.1 Å². The number of alkyl halides is 3. The molecule has 0 heterocycles. The Hall–Kier alpha value is -1.92. The number of hydrogen-bond donors (Lipinski definition) is 2. The van der Waals surface area contributed by atoms with Crippen LogP contribution >= 0.6 is 0 Å². The molecule has 0 bridgehead atoms. The number of oxime groups is 1. The maximum atomic E-state index is 12.4. The Kier molecular flexibility index (Phi) is 5.46. The van der Waals surface area contributed by atoms with Crippen LogP contribution in [0.1, 0.15) is 32.3 Å². The normalized spacial score (nSPS) is 13.3. The van der Waals surface area contributed by atoms with Gasteiger partial charge in [0.05, 0.1) is 12.2 Å². The predicted molar refractivity (Wildman–Crippen MR) is 73.4 cm³/mol. The molecule has 0 aliphatic heterocycles. The summed E-state index contributed by atoms with van der Waals surface area (Å²) in [5, 5.41) is 11.6. The lowest BCUT2D eigenvalue weighted by Crippen LogP contribution is -2.32. The maximum Gasteiger partial charge on any atom is 0.416 e. The molecule has 0 radical (unpaired) electrons. The first-order chi connectivity index (χ1) is 9.66. The number of benzene rings is 1. The van der Waals surface area contributed by atoms with Crippen LogP contribution in [0.4, 0.5) is 13.2 Å². The summed E-state index contributed by atoms with van der Waals surface area (Å²) in [5.41, 5.74) is 4.39. The maximum absolute atomic E-state index is 12.4. The largest absolute Gasteiger partial charge is 0.494 e. The molecule has 1 rings (SSSR count). The molecule has 1 aromatic carbocycles. The van der Waals surface area contributed by atoms with E-state index in [0.717, 1.165) is 12.1 Å². The molecule has 0 aliphatic rings. The lowest BCUT2D eigenvalue weighted by molar-refractivity contribution is -0.137. The van der Waals surface area contributed by atoms with Gasteiger partial charge in [-0.15, -0.1) is 0 Å². The standard InChI is InChI=1S/C14H19F3N2O2/c1-13(2,12(18)19-20)8-3-9-21-11-6-4-10(5-7-11)14(15,16)17/h4-7,20H,3,8-9H2,1-2H3,(H2,18,19). The lowest BCUT2D eigenvalue weighted by Gasteiger charge is -2.22. The van der Waals surface area contributed by atoms with Gasteiger partial charge < -0.3 is 15.7 Å². The predicted octanol–water partition coefficient (Wildman–Crippen LogP) is 3.64. The molecule has 0 fully saturated rings. The Balaban J connectivity index is 2.43. The summed E-state index contributed by atoms with van der Waals surface area (Å²) in [6, 6.07) is 4.54. The molecule has 4 nitrogen and oxygen atoms in total. The smallest absolute Gasteiger partial charge is 0.416 e. The van der Waals surface area contributed by atoms with E-state index in [1.54, 1.807) is 0 Å². The highest BCUT2D eigenvalue weighted by molar-refractivity contribution is 5.85. The van der Waals surface area contributed by atoms with Gasteiger partial charge >= 0.3 is 6.18 Å². The van der Waals surface area contributed by atoms with Crippen molar-refractivity contribution in [1.82, 2.24) is 0 Å². The highest BCUT2D eigenvalue weighted by Gasteiger charge is 2.30. The molecule has 0 aliphatic carbocycles. The summed E-state index contributed by atoms with van der Waals surface area (Å²) in [6.07, 6.45) is -3.09. The zero-order valence-corrected chi connectivity index (χ0v) is 11.9. The highest BCUT2D eigenvalue weighted by atomic mass is 19.4. The zero-order valence-electron chi connectivity index (χ0n) is 11.9. The van der Waals surface area contributed by atoms with Crippen molar-refractivity contribution in [2.45, 2.75) is 32.9 Å². The van der Waals surface area contributed by atoms with Crippen molar-refractivity contribution >= 4 is 5.84 Å². The molecule has 0 amide bonds. The van der Waals surface area contributed by atoms with Gasteiger partial charge in [-0.3, -0.25) is 0 Å². The average Bonchev–Trinajstić information content (AvgIpc) is 2.42. The van der Waals surface area contributed by atoms with Gasteiger partial charge in [-0.05, 0) is 37.1 Å². The third kappa shape index (κ3) is 5.17. The minimum absolute atomic E-state index is 0.136. The SMILES string of the molecule is CC(C)(CCCOc1ccc(C(F)(F)F)cc1)C(N)=NO. The van der Waals surface area contributed by atoms with Gasteiger partial charge in [-0.1, -0.05) is 19.0 Å². The molecular weight excluding hydrogens is 285 g/mol. The van der Waals surface area contributed by atoms with Gasteiger partial charge in [0.2, 0.25) is 0 Å². The second-order valence-electron chi connectivity index (χ2n) is 5.34. The topological polar surface area (TPSA) is 67.8 Å². The molecule has 0 atom stereocenters. The van der Waals surface area contributed by atoms with Crippen molar-refractivity contribution in [2.75, 3.05) is 6.61 Å². The van der Waals surface area contributed by atoms with Gasteiger partial charge in [0, 0.05) is 5.41 Å². The van der Waals surface area contributed by atoms with E-state index < -0.39 is 17.2 Å². The average molecular weight is 304 g/mol. The summed E-state index contributed by atoms with van der Waals surface area (Å²) < 4.78 is 42.5. The van der Waals surface area contributed by atoms with Gasteiger partial charge in [0.1, 0.15) is 11.6 Å². The molecule has 0 saturated heterocycles. The fourth-order valence-electron chi connectivity index (χ4n) is 1.71. The molecule has 118 valence electrons. The van der Waals surface area contributed by atoms with E-state index in [4.69, 9.17) is 15.7 Å². The summed E-state index contributed by atoms with van der Waals surface area (Å²) in [4.78, 5) is 0. The number of halogens is 3. The van der Waals surface area contributed by atoms with Crippen molar-refractivity contribution in [3.8, 4) is 5.75 Å². The van der Waals surface area contributed by atoms with E-state index >= 15 is 0 Å². The number of nitrogens with zero attached hydrogens (tertiary/aromatic N) is 1. The van der Waals surface area contributed by atoms with Gasteiger partial charge in [0.15, 0.2) is 0 Å². The Bertz CT molecular complexity index is 482. The van der Waals surface area contributed by atoms with Crippen LogP contribution in [0.25, 0.3) is 0 Å². The second kappa shape index (κ2) is 6.69. The fraction of sp³-hybridized carbons (Fsp3) is 0.500. The molecule has 0 aromatic heterocycles. The van der Waals surface area contributed by atoms with Crippen molar-refractivity contribution < 1.29 is 23.1 Å². The molecule has 1 aromatic rings. The van der Waals surface area contributed by atoms with Gasteiger partial charge in [-0.25, -0.2) is 0 Å². The third-order valence-corrected chi connectivity index (χ3v) is 3.20. The Morgan fingerprint density at radius 1 is 1.24 bits per heavy atom. The molecule has 0 unspecified atom stereocenters. The van der Waals surface area contributed by atoms with Gasteiger partial charge in [-0.2, -0.15) is 13.2 Å². The van der Waals surface area contributed by atoms with E-state index in [0.29, 0.717) is 25.2 Å². The number of nitrogens with two attached hydrogens (primary N) is 1. The van der Waals surface area contributed by atoms with Crippen molar-refractivity contribution in [3.63, 3.8) is 0 Å². The number of ether oxygens (including phenoxy) is 1. The molecule has 0 saturated carbocycles. The minimum atomic E-state index is -4.34. The van der Waals surface area contributed by atoms with Crippen molar-refractivity contribution in [3.05, 3.63) is 29.8 Å². The Labute approximate surface area is 121 Å². The van der Waals surface area contributed by atoms with Crippen molar-refractivity contribution in [1.29, 1.82) is 0 Å². The van der Waals surface area contributed by atoms with Crippen molar-refractivity contribution in [2.24, 2.45) is 16.3 Å². The fourth-order valence-corrected chi connectivity index (χ4v) is 1.71. The third-order valence-electron chi connectivity index (χ3n) is 3.20. The molecule has 3 N–H and O–H groups in total. The zero-order chi connectivity index (χ0) is 16.1. The van der Waals surface area contributed by atoms with Crippen LogP contribution in [0.5, 0.6) is 5.75 Å². The van der Waals surface area contributed by atoms with Crippen LogP contribution < -0.4 is 10.5 Å². The second-order valence-corrected chi connectivity index (χ2v) is 5.34. The first-order valence-electron chi connectivity index (χ1n) is 6.45. The first-order valence-corrected chi connectivity index (χ1v) is 6.45. The van der Waals surface area contributed by atoms with E-state index in [2.05, 4.69) is 5.16 Å². The Morgan fingerprint density at radius 3 is 2.29 bits per heavy atom. The molecule has 7 heteroatoms. The highest BCUT2D eigenvalue weighted by Crippen LogP contribution is 2.30. The number of rotatable bonds is 6. The monoisotopic (exact) mass is 304 g/mol. The Morgan fingerprint density at radius 2 is 1.81 bits per heavy atom. The van der Waals surface area contributed by atoms with Crippen LogP contribution in [0, 0.1) is 5.41 Å². The quantitative estimate of drug-likeness (QED) is 0.277. The van der Waals surface area contributed by atoms with Crippen LogP contribution in [0.2, 0.25) is 0 Å². The van der Waals surface area contributed by atoms with Crippen LogP contribution in [0.15, 0.2) is 29.4 Å². The van der Waals surface area contributed by atoms with E-state index in [1.807, 2.05) is 13.8 Å². The van der Waals surface area contributed by atoms with E-state index in [-0.39, 0.29) is 5.84 Å². The molecular formula is C14H19F3N2O2. The van der Waals surface area contributed by atoms with Crippen LogP contribution in [-0.2, 0) is 6.18 Å². The van der Waals surface area contributed by atoms with Crippen LogP contribution in [-0.4, -0.2) is 17.6 Å². The number of amidine groups is 1. The lowest BCUT2D eigenvalue weighted by atomic mass is 9.87. The summed E-state index contributed by atoms with van der Waals surface area (Å²) in [6.45, 7) is 4.01. The van der Waals surface area contributed by atoms with Crippen LogP contribution in [0.3, 0.4) is 0 Å². The first kappa shape index (κ1) is 17.1. The molecule has 0 spiro atoms. The number of hydrogen-bond acceptors (Lipinski definition) is 3. The van der Waals surface area contributed by atoms with Gasteiger partial charge in [0.25, 0.3) is 0 Å². The minimum Gasteiger partial charge on any atom is -0.494 e. The van der Waals surface area contributed by atoms with E-state index in [9.17, 15) is 13.2 Å². The summed E-state index contributed by atoms with van der Waals surface area (Å²) in [7, 11) is 0. The summed E-state index contributed by atoms with van der Waals surface area (Å²) >= 11 is 0. The molecule has 21 heavy (non-hydrogen) atoms.